The maximum atomic E-state index is 11.8. The maximum absolute atomic E-state index is 11.8. The Morgan fingerprint density at radius 2 is 2.11 bits per heavy atom. The number of ether oxygens (including phenoxy) is 2. The fourth-order valence-electron chi connectivity index (χ4n) is 1.59. The van der Waals surface area contributed by atoms with E-state index in [2.05, 4.69) is 10.6 Å². The molecule has 18 heavy (non-hydrogen) atoms. The Bertz CT molecular complexity index is 448. The van der Waals surface area contributed by atoms with E-state index in [1.54, 1.807) is 18.2 Å². The minimum absolute atomic E-state index is 0.167. The molecule has 0 aliphatic carbocycles. The average molecular weight is 250 g/mol. The highest BCUT2D eigenvalue weighted by atomic mass is 16.7. The molecule has 2 amide bonds. The second-order valence-electron chi connectivity index (χ2n) is 3.75. The summed E-state index contributed by atoms with van der Waals surface area (Å²) >= 11 is 0. The Morgan fingerprint density at radius 1 is 1.28 bits per heavy atom. The van der Waals surface area contributed by atoms with Crippen LogP contribution in [0.2, 0.25) is 0 Å². The smallest absolute Gasteiger partial charge is 0.251 e. The molecule has 0 saturated heterocycles. The van der Waals surface area contributed by atoms with Crippen LogP contribution in [0.5, 0.6) is 11.5 Å². The SMILES string of the molecule is O=CNCCCNC(=O)c1ccc2c(c1)OCO2. The van der Waals surface area contributed by atoms with Crippen molar-refractivity contribution in [2.75, 3.05) is 19.9 Å². The number of rotatable bonds is 6. The molecule has 0 unspecified atom stereocenters. The van der Waals surface area contributed by atoms with E-state index >= 15 is 0 Å². The Morgan fingerprint density at radius 3 is 2.94 bits per heavy atom. The predicted molar refractivity (Wildman–Crippen MR) is 63.6 cm³/mol. The number of carbonyl (C=O) groups excluding carboxylic acids is 2. The number of amides is 2. The third kappa shape index (κ3) is 2.91. The van der Waals surface area contributed by atoms with E-state index in [1.165, 1.54) is 0 Å². The lowest BCUT2D eigenvalue weighted by Crippen LogP contribution is -2.27. The van der Waals surface area contributed by atoms with Crippen molar-refractivity contribution in [2.45, 2.75) is 6.42 Å². The van der Waals surface area contributed by atoms with E-state index in [9.17, 15) is 9.59 Å². The summed E-state index contributed by atoms with van der Waals surface area (Å²) < 4.78 is 10.4. The molecular formula is C12H14N2O4. The summed E-state index contributed by atoms with van der Waals surface area (Å²) in [6, 6.07) is 5.05. The van der Waals surface area contributed by atoms with Crippen molar-refractivity contribution in [2.24, 2.45) is 0 Å². The van der Waals surface area contributed by atoms with Crippen LogP contribution in [-0.4, -0.2) is 32.2 Å². The molecule has 1 aromatic carbocycles. The third-order valence-electron chi connectivity index (χ3n) is 2.50. The number of nitrogens with one attached hydrogen (secondary N) is 2. The molecule has 0 radical (unpaired) electrons. The molecule has 1 heterocycles. The van der Waals surface area contributed by atoms with Gasteiger partial charge in [0.1, 0.15) is 0 Å². The lowest BCUT2D eigenvalue weighted by Gasteiger charge is -2.05. The third-order valence-corrected chi connectivity index (χ3v) is 2.50. The summed E-state index contributed by atoms with van der Waals surface area (Å²) in [7, 11) is 0. The van der Waals surface area contributed by atoms with Crippen molar-refractivity contribution >= 4 is 12.3 Å². The molecule has 0 atom stereocenters. The average Bonchev–Trinajstić information content (AvgIpc) is 2.85. The van der Waals surface area contributed by atoms with Gasteiger partial charge in [-0.3, -0.25) is 9.59 Å². The van der Waals surface area contributed by atoms with Gasteiger partial charge in [-0.15, -0.1) is 0 Å². The molecule has 0 fully saturated rings. The molecule has 6 heteroatoms. The molecule has 0 spiro atoms. The Labute approximate surface area is 104 Å². The van der Waals surface area contributed by atoms with E-state index in [4.69, 9.17) is 9.47 Å². The van der Waals surface area contributed by atoms with Gasteiger partial charge in [0.15, 0.2) is 11.5 Å². The van der Waals surface area contributed by atoms with Crippen molar-refractivity contribution in [3.05, 3.63) is 23.8 Å². The van der Waals surface area contributed by atoms with Crippen LogP contribution in [0.4, 0.5) is 0 Å². The first-order valence-corrected chi connectivity index (χ1v) is 5.66. The second-order valence-corrected chi connectivity index (χ2v) is 3.75. The van der Waals surface area contributed by atoms with Gasteiger partial charge in [0.05, 0.1) is 0 Å². The second kappa shape index (κ2) is 5.90. The minimum atomic E-state index is -0.167. The van der Waals surface area contributed by atoms with Crippen LogP contribution in [0.3, 0.4) is 0 Å². The van der Waals surface area contributed by atoms with Gasteiger partial charge in [-0.25, -0.2) is 0 Å². The number of benzene rings is 1. The molecule has 1 aliphatic rings. The monoisotopic (exact) mass is 250 g/mol. The number of fused-ring (bicyclic) bond motifs is 1. The summed E-state index contributed by atoms with van der Waals surface area (Å²) in [5.41, 5.74) is 0.530. The van der Waals surface area contributed by atoms with Crippen LogP contribution < -0.4 is 20.1 Å². The van der Waals surface area contributed by atoms with Gasteiger partial charge in [-0.05, 0) is 24.6 Å². The van der Waals surface area contributed by atoms with Crippen LogP contribution in [0.15, 0.2) is 18.2 Å². The summed E-state index contributed by atoms with van der Waals surface area (Å²) in [6.07, 6.45) is 1.33. The molecule has 0 saturated carbocycles. The van der Waals surface area contributed by atoms with Crippen molar-refractivity contribution in [1.82, 2.24) is 10.6 Å². The Hall–Kier alpha value is -2.24. The van der Waals surface area contributed by atoms with Crippen molar-refractivity contribution in [3.63, 3.8) is 0 Å². The first kappa shape index (κ1) is 12.2. The fraction of sp³-hybridized carbons (Fsp3) is 0.333. The number of hydrogen-bond acceptors (Lipinski definition) is 4. The highest BCUT2D eigenvalue weighted by molar-refractivity contribution is 5.94. The molecule has 96 valence electrons. The van der Waals surface area contributed by atoms with E-state index in [1.807, 2.05) is 0 Å². The van der Waals surface area contributed by atoms with Crippen LogP contribution in [-0.2, 0) is 4.79 Å². The number of carbonyl (C=O) groups is 2. The molecule has 2 N–H and O–H groups in total. The van der Waals surface area contributed by atoms with Crippen LogP contribution in [0.1, 0.15) is 16.8 Å². The number of hydrogen-bond donors (Lipinski definition) is 2. The lowest BCUT2D eigenvalue weighted by molar-refractivity contribution is -0.109. The van der Waals surface area contributed by atoms with Gasteiger partial charge in [0.2, 0.25) is 13.2 Å². The first-order chi connectivity index (χ1) is 8.81. The summed E-state index contributed by atoms with van der Waals surface area (Å²) in [5.74, 6) is 1.08. The molecular weight excluding hydrogens is 236 g/mol. The van der Waals surface area contributed by atoms with Crippen LogP contribution in [0, 0.1) is 0 Å². The minimum Gasteiger partial charge on any atom is -0.454 e. The standard InChI is InChI=1S/C12H14N2O4/c15-7-13-4-1-5-14-12(16)9-2-3-10-11(6-9)18-8-17-10/h2-3,6-7H,1,4-5,8H2,(H,13,15)(H,14,16). The predicted octanol–water partition coefficient (Wildman–Crippen LogP) is 0.281. The molecule has 1 aliphatic heterocycles. The van der Waals surface area contributed by atoms with Gasteiger partial charge in [0, 0.05) is 18.7 Å². The Balaban J connectivity index is 1.83. The van der Waals surface area contributed by atoms with Crippen LogP contribution in [0.25, 0.3) is 0 Å². The van der Waals surface area contributed by atoms with Gasteiger partial charge in [-0.2, -0.15) is 0 Å². The van der Waals surface area contributed by atoms with E-state index < -0.39 is 0 Å². The molecule has 2 rings (SSSR count). The summed E-state index contributed by atoms with van der Waals surface area (Å²) in [6.45, 7) is 1.25. The van der Waals surface area contributed by atoms with Gasteiger partial charge >= 0.3 is 0 Å². The molecule has 0 aromatic heterocycles. The van der Waals surface area contributed by atoms with Gasteiger partial charge in [0.25, 0.3) is 5.91 Å². The molecule has 6 nitrogen and oxygen atoms in total. The van der Waals surface area contributed by atoms with Crippen molar-refractivity contribution < 1.29 is 19.1 Å². The summed E-state index contributed by atoms with van der Waals surface area (Å²) in [5, 5.41) is 5.29. The zero-order chi connectivity index (χ0) is 12.8. The van der Waals surface area contributed by atoms with Gasteiger partial charge in [-0.1, -0.05) is 0 Å². The summed E-state index contributed by atoms with van der Waals surface area (Å²) in [4.78, 5) is 21.8. The highest BCUT2D eigenvalue weighted by Gasteiger charge is 2.15. The first-order valence-electron chi connectivity index (χ1n) is 5.66. The molecule has 1 aromatic rings. The van der Waals surface area contributed by atoms with Crippen LogP contribution >= 0.6 is 0 Å². The quantitative estimate of drug-likeness (QED) is 0.561. The molecule has 0 bridgehead atoms. The zero-order valence-corrected chi connectivity index (χ0v) is 9.77. The van der Waals surface area contributed by atoms with Crippen molar-refractivity contribution in [1.29, 1.82) is 0 Å². The Kier molecular flexibility index (Phi) is 4.01. The van der Waals surface area contributed by atoms with E-state index in [0.717, 1.165) is 0 Å². The van der Waals surface area contributed by atoms with E-state index in [0.29, 0.717) is 43.0 Å². The van der Waals surface area contributed by atoms with Crippen molar-refractivity contribution in [3.8, 4) is 11.5 Å². The normalized spacial score (nSPS) is 12.0. The highest BCUT2D eigenvalue weighted by Crippen LogP contribution is 2.32. The van der Waals surface area contributed by atoms with E-state index in [-0.39, 0.29) is 12.7 Å². The topological polar surface area (TPSA) is 76.7 Å². The largest absolute Gasteiger partial charge is 0.454 e. The lowest BCUT2D eigenvalue weighted by atomic mass is 10.2. The van der Waals surface area contributed by atoms with Gasteiger partial charge < -0.3 is 20.1 Å². The fourth-order valence-corrected chi connectivity index (χ4v) is 1.59. The maximum Gasteiger partial charge on any atom is 0.251 e. The zero-order valence-electron chi connectivity index (χ0n) is 9.77.